The molecule has 0 saturated carbocycles. The lowest BCUT2D eigenvalue weighted by Crippen LogP contribution is -2.32. The predicted octanol–water partition coefficient (Wildman–Crippen LogP) is 2.32. The zero-order valence-electron chi connectivity index (χ0n) is 16.0. The first-order valence-corrected chi connectivity index (χ1v) is 11.4. The number of hydrogen-bond acceptors (Lipinski definition) is 6. The fraction of sp³-hybridized carbons (Fsp3) is 0.421. The minimum absolute atomic E-state index is 0.0106. The number of primary sulfonamides is 1. The van der Waals surface area contributed by atoms with Crippen LogP contribution in [-0.4, -0.2) is 38.9 Å². The fourth-order valence-corrected chi connectivity index (χ4v) is 4.79. The summed E-state index contributed by atoms with van der Waals surface area (Å²) < 4.78 is 29.4. The Kier molecular flexibility index (Phi) is 6.84. The van der Waals surface area contributed by atoms with Crippen molar-refractivity contribution in [1.82, 2.24) is 4.90 Å². The molecule has 1 aromatic heterocycles. The number of likely N-dealkylation sites (tertiary alicyclic amines) is 1. The van der Waals surface area contributed by atoms with Gasteiger partial charge in [-0.2, -0.15) is 0 Å². The van der Waals surface area contributed by atoms with Gasteiger partial charge in [0, 0.05) is 6.54 Å². The third kappa shape index (κ3) is 5.30. The molecule has 0 radical (unpaired) electrons. The summed E-state index contributed by atoms with van der Waals surface area (Å²) in [5.41, 5.74) is 6.48. The molecule has 0 spiro atoms. The van der Waals surface area contributed by atoms with Crippen LogP contribution in [0.2, 0.25) is 5.02 Å². The number of nitrogens with zero attached hydrogens (tertiary/aromatic N) is 1. The van der Waals surface area contributed by atoms with E-state index in [0.29, 0.717) is 30.0 Å². The van der Waals surface area contributed by atoms with Crippen molar-refractivity contribution in [3.8, 4) is 0 Å². The monoisotopic (exact) mass is 440 g/mol. The number of halogens is 1. The van der Waals surface area contributed by atoms with Gasteiger partial charge in [0.2, 0.25) is 10.0 Å². The van der Waals surface area contributed by atoms with E-state index in [1.165, 1.54) is 6.42 Å². The summed E-state index contributed by atoms with van der Waals surface area (Å²) >= 11 is 6.46. The number of nitrogens with one attached hydrogen (secondary N) is 1. The topological polar surface area (TPSA) is 132 Å². The Morgan fingerprint density at radius 3 is 2.59 bits per heavy atom. The second kappa shape index (κ2) is 9.17. The number of rotatable bonds is 8. The number of piperidine rings is 1. The molecule has 1 aliphatic rings. The third-order valence-electron chi connectivity index (χ3n) is 5.05. The second-order valence-electron chi connectivity index (χ2n) is 7.08. The van der Waals surface area contributed by atoms with E-state index >= 15 is 0 Å². The lowest BCUT2D eigenvalue weighted by molar-refractivity contribution is 0.100. The van der Waals surface area contributed by atoms with Crippen LogP contribution < -0.4 is 16.2 Å². The molecule has 1 fully saturated rings. The molecule has 1 aliphatic heterocycles. The Morgan fingerprint density at radius 2 is 2.00 bits per heavy atom. The minimum atomic E-state index is -4.13. The van der Waals surface area contributed by atoms with Crippen molar-refractivity contribution in [1.29, 1.82) is 0 Å². The van der Waals surface area contributed by atoms with Crippen LogP contribution in [0.25, 0.3) is 0 Å². The van der Waals surface area contributed by atoms with Crippen molar-refractivity contribution in [2.75, 3.05) is 25.0 Å². The van der Waals surface area contributed by atoms with Crippen LogP contribution >= 0.6 is 11.6 Å². The second-order valence-corrected chi connectivity index (χ2v) is 8.99. The number of carbonyl (C=O) groups is 1. The van der Waals surface area contributed by atoms with Crippen molar-refractivity contribution < 1.29 is 17.6 Å². The number of amides is 1. The maximum absolute atomic E-state index is 12.1. The van der Waals surface area contributed by atoms with Gasteiger partial charge in [-0.1, -0.05) is 18.0 Å². The van der Waals surface area contributed by atoms with E-state index in [-0.39, 0.29) is 22.0 Å². The molecule has 10 heteroatoms. The molecule has 1 saturated heterocycles. The Bertz CT molecular complexity index is 971. The summed E-state index contributed by atoms with van der Waals surface area (Å²) in [5.74, 6) is -0.123. The van der Waals surface area contributed by atoms with Crippen molar-refractivity contribution in [3.05, 3.63) is 46.4 Å². The van der Waals surface area contributed by atoms with Crippen molar-refractivity contribution in [3.63, 3.8) is 0 Å². The van der Waals surface area contributed by atoms with Gasteiger partial charge in [-0.05, 0) is 56.1 Å². The first-order chi connectivity index (χ1) is 13.8. The number of anilines is 1. The standard InChI is InChI=1S/C19H25ClN4O4S/c20-17-14(6-9-24-7-2-1-3-8-24)18(23-12-13-5-4-10-28-13)15(19(21)25)11-16(17)29(22,26)27/h4-5,10-11,23H,1-3,6-9,12H2,(H2,21,25)(H2,22,26,27). The molecule has 1 amide bonds. The maximum Gasteiger partial charge on any atom is 0.250 e. The molecule has 0 unspecified atom stereocenters. The Morgan fingerprint density at radius 1 is 1.28 bits per heavy atom. The number of hydrogen-bond donors (Lipinski definition) is 3. The minimum Gasteiger partial charge on any atom is -0.467 e. The fourth-order valence-electron chi connectivity index (χ4n) is 3.57. The van der Waals surface area contributed by atoms with Crippen molar-refractivity contribution in [2.45, 2.75) is 37.1 Å². The van der Waals surface area contributed by atoms with Crippen LogP contribution in [0.4, 0.5) is 5.69 Å². The van der Waals surface area contributed by atoms with E-state index in [1.807, 2.05) is 0 Å². The van der Waals surface area contributed by atoms with E-state index in [4.69, 9.17) is 26.9 Å². The molecular formula is C19H25ClN4O4S. The third-order valence-corrected chi connectivity index (χ3v) is 6.52. The number of benzene rings is 1. The zero-order valence-corrected chi connectivity index (χ0v) is 17.6. The largest absolute Gasteiger partial charge is 0.467 e. The highest BCUT2D eigenvalue weighted by Gasteiger charge is 2.25. The van der Waals surface area contributed by atoms with E-state index < -0.39 is 15.9 Å². The molecule has 3 rings (SSSR count). The van der Waals surface area contributed by atoms with E-state index in [9.17, 15) is 13.2 Å². The molecule has 2 heterocycles. The van der Waals surface area contributed by atoms with Crippen LogP contribution in [0, 0.1) is 0 Å². The lowest BCUT2D eigenvalue weighted by Gasteiger charge is -2.27. The van der Waals surface area contributed by atoms with Crippen LogP contribution in [-0.2, 0) is 23.0 Å². The van der Waals surface area contributed by atoms with Crippen LogP contribution in [0.3, 0.4) is 0 Å². The number of primary amides is 1. The predicted molar refractivity (Wildman–Crippen MR) is 111 cm³/mol. The van der Waals surface area contributed by atoms with Crippen LogP contribution in [0.5, 0.6) is 0 Å². The first-order valence-electron chi connectivity index (χ1n) is 9.44. The van der Waals surface area contributed by atoms with E-state index in [0.717, 1.165) is 32.0 Å². The summed E-state index contributed by atoms with van der Waals surface area (Å²) in [4.78, 5) is 14.1. The molecule has 0 bridgehead atoms. The van der Waals surface area contributed by atoms with Crippen molar-refractivity contribution >= 4 is 33.2 Å². The van der Waals surface area contributed by atoms with Crippen LogP contribution in [0.15, 0.2) is 33.8 Å². The lowest BCUT2D eigenvalue weighted by atomic mass is 10.0. The van der Waals surface area contributed by atoms with Gasteiger partial charge in [0.1, 0.15) is 10.7 Å². The molecule has 158 valence electrons. The number of sulfonamides is 1. The van der Waals surface area contributed by atoms with Crippen LogP contribution in [0.1, 0.15) is 40.9 Å². The Labute approximate surface area is 175 Å². The molecule has 1 aromatic carbocycles. The SMILES string of the molecule is NC(=O)c1cc(S(N)(=O)=O)c(Cl)c(CCN2CCCCC2)c1NCc1ccco1. The number of carbonyl (C=O) groups excluding carboxylic acids is 1. The molecule has 0 atom stereocenters. The van der Waals surface area contributed by atoms with Crippen molar-refractivity contribution in [2.24, 2.45) is 10.9 Å². The smallest absolute Gasteiger partial charge is 0.250 e. The molecule has 2 aromatic rings. The summed E-state index contributed by atoms with van der Waals surface area (Å²) in [7, 11) is -4.13. The molecular weight excluding hydrogens is 416 g/mol. The van der Waals surface area contributed by atoms with Gasteiger partial charge in [-0.3, -0.25) is 4.79 Å². The van der Waals surface area contributed by atoms with Gasteiger partial charge in [0.05, 0.1) is 29.1 Å². The van der Waals surface area contributed by atoms with Gasteiger partial charge in [0.25, 0.3) is 5.91 Å². The average Bonchev–Trinajstić information content (AvgIpc) is 3.18. The highest BCUT2D eigenvalue weighted by molar-refractivity contribution is 7.89. The van der Waals surface area contributed by atoms with Gasteiger partial charge in [0.15, 0.2) is 0 Å². The summed E-state index contributed by atoms with van der Waals surface area (Å²) in [6.45, 7) is 2.92. The summed E-state index contributed by atoms with van der Waals surface area (Å²) in [6.07, 6.45) is 5.45. The quantitative estimate of drug-likeness (QED) is 0.577. The first kappa shape index (κ1) is 21.6. The summed E-state index contributed by atoms with van der Waals surface area (Å²) in [6, 6.07) is 4.67. The highest BCUT2D eigenvalue weighted by atomic mass is 35.5. The number of nitrogens with two attached hydrogens (primary N) is 2. The average molecular weight is 441 g/mol. The molecule has 8 nitrogen and oxygen atoms in total. The Balaban J connectivity index is 2.01. The van der Waals surface area contributed by atoms with E-state index in [1.54, 1.807) is 18.4 Å². The van der Waals surface area contributed by atoms with Gasteiger partial charge in [-0.25, -0.2) is 13.6 Å². The highest BCUT2D eigenvalue weighted by Crippen LogP contribution is 2.35. The van der Waals surface area contributed by atoms with Gasteiger partial charge in [-0.15, -0.1) is 0 Å². The maximum atomic E-state index is 12.1. The van der Waals surface area contributed by atoms with Gasteiger partial charge >= 0.3 is 0 Å². The van der Waals surface area contributed by atoms with E-state index in [2.05, 4.69) is 10.2 Å². The van der Waals surface area contributed by atoms with Gasteiger partial charge < -0.3 is 20.4 Å². The summed E-state index contributed by atoms with van der Waals surface area (Å²) in [5, 5.41) is 8.48. The molecule has 0 aliphatic carbocycles. The number of furan rings is 1. The zero-order chi connectivity index (χ0) is 21.0. The molecule has 29 heavy (non-hydrogen) atoms. The Hall–Kier alpha value is -2.07. The molecule has 5 N–H and O–H groups in total. The normalized spacial score (nSPS) is 15.4.